The van der Waals surface area contributed by atoms with Gasteiger partial charge in [0.25, 0.3) is 10.0 Å². The molecule has 0 bridgehead atoms. The van der Waals surface area contributed by atoms with Crippen LogP contribution in [0.1, 0.15) is 45.4 Å². The summed E-state index contributed by atoms with van der Waals surface area (Å²) in [7, 11) is -3.21. The van der Waals surface area contributed by atoms with E-state index in [-0.39, 0.29) is 5.75 Å². The molecule has 1 aliphatic heterocycles. The van der Waals surface area contributed by atoms with Crippen molar-refractivity contribution in [1.82, 2.24) is 0 Å². The van der Waals surface area contributed by atoms with Crippen molar-refractivity contribution < 1.29 is 8.42 Å². The lowest BCUT2D eigenvalue weighted by Gasteiger charge is -2.00. The van der Waals surface area contributed by atoms with Crippen molar-refractivity contribution in [1.29, 1.82) is 0 Å². The minimum Gasteiger partial charge on any atom is -0.205 e. The first-order valence-electron chi connectivity index (χ1n) is 6.22. The van der Waals surface area contributed by atoms with Gasteiger partial charge in [-0.25, -0.2) is 8.42 Å². The predicted molar refractivity (Wildman–Crippen MR) is 79.5 cm³/mol. The van der Waals surface area contributed by atoms with Crippen LogP contribution >= 0.6 is 23.5 Å². The van der Waals surface area contributed by atoms with Gasteiger partial charge >= 0.3 is 0 Å². The highest BCUT2D eigenvalue weighted by molar-refractivity contribution is 8.41. The molecule has 0 aromatic rings. The molecule has 1 fully saturated rings. The summed E-state index contributed by atoms with van der Waals surface area (Å²) in [5.41, 5.74) is 0. The molecular formula is C11H21NO2S3. The summed E-state index contributed by atoms with van der Waals surface area (Å²) in [5, 5.41) is 0. The minimum absolute atomic E-state index is 0.212. The van der Waals surface area contributed by atoms with E-state index in [1.54, 1.807) is 23.5 Å². The Bertz CT molecular complexity index is 331. The molecule has 0 spiro atoms. The zero-order chi connectivity index (χ0) is 12.6. The van der Waals surface area contributed by atoms with Crippen molar-refractivity contribution in [3.8, 4) is 0 Å². The maximum absolute atomic E-state index is 11.7. The van der Waals surface area contributed by atoms with E-state index in [2.05, 4.69) is 11.3 Å². The third-order valence-corrected chi connectivity index (χ3v) is 6.46. The van der Waals surface area contributed by atoms with Gasteiger partial charge in [0, 0.05) is 11.5 Å². The summed E-state index contributed by atoms with van der Waals surface area (Å²) in [5.74, 6) is 2.18. The monoisotopic (exact) mass is 295 g/mol. The molecule has 0 atom stereocenters. The van der Waals surface area contributed by atoms with Crippen LogP contribution in [0.15, 0.2) is 4.40 Å². The van der Waals surface area contributed by atoms with Gasteiger partial charge in [0.05, 0.1) is 5.75 Å². The molecule has 1 saturated heterocycles. The Balaban J connectivity index is 2.18. The second-order valence-corrected chi connectivity index (χ2v) is 8.29. The molecular weight excluding hydrogens is 274 g/mol. The molecule has 0 saturated carbocycles. The minimum atomic E-state index is -3.21. The fourth-order valence-electron chi connectivity index (χ4n) is 1.58. The number of nitrogens with zero attached hydrogens (tertiary/aromatic N) is 1. The molecule has 0 N–H and O–H groups in total. The maximum Gasteiger partial charge on any atom is 0.254 e. The van der Waals surface area contributed by atoms with Gasteiger partial charge in [0.1, 0.15) is 4.38 Å². The van der Waals surface area contributed by atoms with Crippen LogP contribution in [0.3, 0.4) is 0 Å². The summed E-state index contributed by atoms with van der Waals surface area (Å²) in [6.07, 6.45) is 6.59. The number of unbranched alkanes of at least 4 members (excludes halogenated alkanes) is 5. The molecule has 0 unspecified atom stereocenters. The number of sulfonamides is 1. The SMILES string of the molecule is CCCCCCCCS(=O)(=O)N=C1SCCS1. The molecule has 0 amide bonds. The van der Waals surface area contributed by atoms with Crippen molar-refractivity contribution in [2.75, 3.05) is 17.3 Å². The van der Waals surface area contributed by atoms with Crippen molar-refractivity contribution in [3.63, 3.8) is 0 Å². The zero-order valence-corrected chi connectivity index (χ0v) is 12.8. The largest absolute Gasteiger partial charge is 0.254 e. The zero-order valence-electron chi connectivity index (χ0n) is 10.4. The second kappa shape index (κ2) is 8.43. The van der Waals surface area contributed by atoms with Crippen molar-refractivity contribution in [3.05, 3.63) is 0 Å². The summed E-state index contributed by atoms with van der Waals surface area (Å²) >= 11 is 3.11. The molecule has 6 heteroatoms. The van der Waals surface area contributed by atoms with Crippen LogP contribution < -0.4 is 0 Å². The molecule has 0 aliphatic carbocycles. The molecule has 0 radical (unpaired) electrons. The maximum atomic E-state index is 11.7. The lowest BCUT2D eigenvalue weighted by Crippen LogP contribution is -2.04. The molecule has 1 aliphatic rings. The Morgan fingerprint density at radius 1 is 1.06 bits per heavy atom. The second-order valence-electron chi connectivity index (χ2n) is 4.11. The molecule has 0 aromatic carbocycles. The van der Waals surface area contributed by atoms with Gasteiger partial charge in [-0.1, -0.05) is 62.6 Å². The van der Waals surface area contributed by atoms with Crippen LogP contribution in [0.2, 0.25) is 0 Å². The van der Waals surface area contributed by atoms with E-state index in [1.807, 2.05) is 0 Å². The normalized spacial score (nSPS) is 16.4. The van der Waals surface area contributed by atoms with E-state index in [0.717, 1.165) is 35.1 Å². The Kier molecular flexibility index (Phi) is 7.62. The van der Waals surface area contributed by atoms with Gasteiger partial charge in [-0.15, -0.1) is 4.40 Å². The average Bonchev–Trinajstić information content (AvgIpc) is 2.75. The van der Waals surface area contributed by atoms with Gasteiger partial charge in [-0.05, 0) is 6.42 Å². The molecule has 17 heavy (non-hydrogen) atoms. The highest BCUT2D eigenvalue weighted by atomic mass is 32.2. The van der Waals surface area contributed by atoms with Crippen LogP contribution in [0.4, 0.5) is 0 Å². The van der Waals surface area contributed by atoms with Gasteiger partial charge < -0.3 is 0 Å². The van der Waals surface area contributed by atoms with E-state index in [9.17, 15) is 8.42 Å². The third kappa shape index (κ3) is 7.36. The third-order valence-electron chi connectivity index (χ3n) is 2.50. The van der Waals surface area contributed by atoms with E-state index < -0.39 is 10.0 Å². The summed E-state index contributed by atoms with van der Waals surface area (Å²) in [4.78, 5) is 0. The van der Waals surface area contributed by atoms with Gasteiger partial charge in [-0.3, -0.25) is 0 Å². The van der Waals surface area contributed by atoms with Crippen LogP contribution in [0, 0.1) is 0 Å². The van der Waals surface area contributed by atoms with Crippen LogP contribution in [0.25, 0.3) is 0 Å². The number of hydrogen-bond donors (Lipinski definition) is 0. The molecule has 1 rings (SSSR count). The fraction of sp³-hybridized carbons (Fsp3) is 0.909. The number of hydrogen-bond acceptors (Lipinski definition) is 4. The summed E-state index contributed by atoms with van der Waals surface area (Å²) in [6.45, 7) is 2.18. The summed E-state index contributed by atoms with van der Waals surface area (Å²) < 4.78 is 27.9. The standard InChI is InChI=1S/C11H21NO2S3/c1-2-3-4-5-6-7-10-17(13,14)12-11-15-8-9-16-11/h2-10H2,1H3. The van der Waals surface area contributed by atoms with Crippen molar-refractivity contribution in [2.24, 2.45) is 4.40 Å². The van der Waals surface area contributed by atoms with Crippen LogP contribution in [0.5, 0.6) is 0 Å². The lowest BCUT2D eigenvalue weighted by atomic mass is 10.1. The van der Waals surface area contributed by atoms with Crippen LogP contribution in [-0.2, 0) is 10.0 Å². The first kappa shape index (κ1) is 15.4. The van der Waals surface area contributed by atoms with Gasteiger partial charge in [0.15, 0.2) is 0 Å². The first-order chi connectivity index (χ1) is 8.14. The van der Waals surface area contributed by atoms with E-state index in [0.29, 0.717) is 0 Å². The Morgan fingerprint density at radius 2 is 1.65 bits per heavy atom. The fourth-order valence-corrected chi connectivity index (χ4v) is 5.42. The average molecular weight is 295 g/mol. The highest BCUT2D eigenvalue weighted by Crippen LogP contribution is 2.27. The summed E-state index contributed by atoms with van der Waals surface area (Å²) in [6, 6.07) is 0. The van der Waals surface area contributed by atoms with Gasteiger partial charge in [0.2, 0.25) is 0 Å². The highest BCUT2D eigenvalue weighted by Gasteiger charge is 2.15. The van der Waals surface area contributed by atoms with Crippen LogP contribution in [-0.4, -0.2) is 30.1 Å². The van der Waals surface area contributed by atoms with Crippen molar-refractivity contribution in [2.45, 2.75) is 45.4 Å². The number of thioether (sulfide) groups is 2. The van der Waals surface area contributed by atoms with E-state index >= 15 is 0 Å². The Hall–Kier alpha value is 0.320. The molecule has 1 heterocycles. The quantitative estimate of drug-likeness (QED) is 0.643. The topological polar surface area (TPSA) is 46.5 Å². The molecule has 3 nitrogen and oxygen atoms in total. The predicted octanol–water partition coefficient (Wildman–Crippen LogP) is 3.51. The Morgan fingerprint density at radius 3 is 2.29 bits per heavy atom. The Labute approximate surface area is 113 Å². The van der Waals surface area contributed by atoms with Gasteiger partial charge in [-0.2, -0.15) is 0 Å². The lowest BCUT2D eigenvalue weighted by molar-refractivity contribution is 0.585. The molecule has 100 valence electrons. The smallest absolute Gasteiger partial charge is 0.205 e. The van der Waals surface area contributed by atoms with Crippen molar-refractivity contribution >= 4 is 37.9 Å². The molecule has 0 aromatic heterocycles. The van der Waals surface area contributed by atoms with E-state index in [1.165, 1.54) is 19.3 Å². The first-order valence-corrected chi connectivity index (χ1v) is 9.80. The van der Waals surface area contributed by atoms with E-state index in [4.69, 9.17) is 0 Å². The number of rotatable bonds is 8.